The van der Waals surface area contributed by atoms with Crippen molar-refractivity contribution in [3.63, 3.8) is 0 Å². The Kier molecular flexibility index (Phi) is 2.46. The van der Waals surface area contributed by atoms with Gasteiger partial charge in [0.05, 0.1) is 0 Å². The van der Waals surface area contributed by atoms with Gasteiger partial charge in [0.1, 0.15) is 0 Å². The summed E-state index contributed by atoms with van der Waals surface area (Å²) in [7, 11) is 0. The predicted molar refractivity (Wildman–Crippen MR) is 80.6 cm³/mol. The number of hydrogen-bond donors (Lipinski definition) is 0. The molecule has 3 aliphatic carbocycles. The topological polar surface area (TPSA) is 0 Å². The minimum Gasteiger partial charge on any atom is -0.0850 e. The lowest BCUT2D eigenvalue weighted by atomic mass is 9.61. The van der Waals surface area contributed by atoms with E-state index in [1.165, 1.54) is 38.5 Å². The van der Waals surface area contributed by atoms with Crippen LogP contribution in [0.25, 0.3) is 0 Å². The minimum absolute atomic E-state index is 0.530. The molecule has 2 atom stereocenters. The lowest BCUT2D eigenvalue weighted by molar-refractivity contribution is 0.269. The van der Waals surface area contributed by atoms with Gasteiger partial charge >= 0.3 is 0 Å². The van der Waals surface area contributed by atoms with Gasteiger partial charge in [0.15, 0.2) is 0 Å². The highest BCUT2D eigenvalue weighted by Gasteiger charge is 2.50. The normalized spacial score (nSPS) is 31.9. The van der Waals surface area contributed by atoms with Crippen LogP contribution in [0.4, 0.5) is 0 Å². The number of allylic oxidation sites excluding steroid dienone is 2. The Morgan fingerprint density at radius 2 is 2.16 bits per heavy atom. The van der Waals surface area contributed by atoms with Crippen molar-refractivity contribution in [1.82, 2.24) is 0 Å². The fourth-order valence-electron chi connectivity index (χ4n) is 5.12. The van der Waals surface area contributed by atoms with E-state index in [1.807, 2.05) is 0 Å². The molecule has 100 valence electrons. The Labute approximate surface area is 116 Å². The van der Waals surface area contributed by atoms with Gasteiger partial charge < -0.3 is 0 Å². The number of fused-ring (bicyclic) bond motifs is 5. The Bertz CT molecular complexity index is 549. The van der Waals surface area contributed by atoms with E-state index in [1.54, 1.807) is 22.3 Å². The molecule has 2 unspecified atom stereocenters. The minimum atomic E-state index is 0.530. The van der Waals surface area contributed by atoms with Crippen molar-refractivity contribution in [1.29, 1.82) is 0 Å². The van der Waals surface area contributed by atoms with Crippen molar-refractivity contribution < 1.29 is 0 Å². The molecule has 4 rings (SSSR count). The summed E-state index contributed by atoms with van der Waals surface area (Å²) in [4.78, 5) is 0. The Morgan fingerprint density at radius 3 is 2.84 bits per heavy atom. The van der Waals surface area contributed by atoms with Crippen LogP contribution in [-0.4, -0.2) is 0 Å². The largest absolute Gasteiger partial charge is 0.0850 e. The van der Waals surface area contributed by atoms with E-state index < -0.39 is 0 Å². The first-order valence-corrected chi connectivity index (χ1v) is 8.01. The zero-order chi connectivity index (χ0) is 13.0. The SMILES string of the molecule is CC(C)c1cccc2c1CCCC21CC2=CCC1C2. The molecule has 2 bridgehead atoms. The van der Waals surface area contributed by atoms with E-state index in [0.717, 1.165) is 5.92 Å². The zero-order valence-corrected chi connectivity index (χ0v) is 12.2. The molecule has 0 heteroatoms. The highest BCUT2D eigenvalue weighted by atomic mass is 14.5. The van der Waals surface area contributed by atoms with E-state index in [4.69, 9.17) is 0 Å². The van der Waals surface area contributed by atoms with Crippen molar-refractivity contribution in [2.24, 2.45) is 5.92 Å². The molecular weight excluding hydrogens is 228 g/mol. The van der Waals surface area contributed by atoms with Gasteiger partial charge in [-0.3, -0.25) is 0 Å². The first-order valence-electron chi connectivity index (χ1n) is 8.01. The highest BCUT2D eigenvalue weighted by Crippen LogP contribution is 2.59. The summed E-state index contributed by atoms with van der Waals surface area (Å²) in [6, 6.07) is 7.15. The first kappa shape index (κ1) is 11.8. The van der Waals surface area contributed by atoms with Crippen LogP contribution >= 0.6 is 0 Å². The molecule has 3 aliphatic rings. The second-order valence-electron chi connectivity index (χ2n) is 7.21. The molecule has 1 aromatic carbocycles. The summed E-state index contributed by atoms with van der Waals surface area (Å²) in [5.74, 6) is 1.59. The highest BCUT2D eigenvalue weighted by molar-refractivity contribution is 5.47. The molecule has 1 fully saturated rings. The summed E-state index contributed by atoms with van der Waals surface area (Å²) in [5, 5.41) is 0. The standard InChI is InChI=1S/C19H24/c1-13(2)16-5-3-7-18-17(16)6-4-10-19(18)12-14-8-9-15(19)11-14/h3,5,7-8,13,15H,4,6,9-12H2,1-2H3. The van der Waals surface area contributed by atoms with E-state index in [0.29, 0.717) is 11.3 Å². The van der Waals surface area contributed by atoms with Crippen LogP contribution in [0.1, 0.15) is 68.6 Å². The predicted octanol–water partition coefficient (Wildman–Crippen LogP) is 5.12. The molecule has 0 radical (unpaired) electrons. The molecule has 0 aliphatic heterocycles. The van der Waals surface area contributed by atoms with Gasteiger partial charge in [-0.2, -0.15) is 0 Å². The second kappa shape index (κ2) is 3.98. The molecule has 0 N–H and O–H groups in total. The average Bonchev–Trinajstić information content (AvgIpc) is 2.99. The maximum Gasteiger partial charge on any atom is 0.00273 e. The van der Waals surface area contributed by atoms with E-state index in [2.05, 4.69) is 38.1 Å². The molecule has 1 saturated carbocycles. The molecule has 0 heterocycles. The van der Waals surface area contributed by atoms with Crippen molar-refractivity contribution >= 4 is 0 Å². The second-order valence-corrected chi connectivity index (χ2v) is 7.21. The Morgan fingerprint density at radius 1 is 1.26 bits per heavy atom. The van der Waals surface area contributed by atoms with Gasteiger partial charge in [-0.05, 0) is 67.1 Å². The molecule has 0 aromatic heterocycles. The lowest BCUT2D eigenvalue weighted by Gasteiger charge is -2.42. The van der Waals surface area contributed by atoms with E-state index >= 15 is 0 Å². The van der Waals surface area contributed by atoms with Crippen molar-refractivity contribution in [3.8, 4) is 0 Å². The Balaban J connectivity index is 1.88. The summed E-state index contributed by atoms with van der Waals surface area (Å²) >= 11 is 0. The smallest absolute Gasteiger partial charge is 0.00273 e. The van der Waals surface area contributed by atoms with Crippen LogP contribution in [0.15, 0.2) is 29.8 Å². The summed E-state index contributed by atoms with van der Waals surface area (Å²) in [6.07, 6.45) is 10.8. The Hall–Kier alpha value is -1.04. The molecule has 1 spiro atoms. The van der Waals surface area contributed by atoms with Gasteiger partial charge in [-0.1, -0.05) is 43.7 Å². The third-order valence-corrected chi connectivity index (χ3v) is 5.94. The van der Waals surface area contributed by atoms with Crippen LogP contribution in [0.3, 0.4) is 0 Å². The molecule has 0 amide bonds. The first-order chi connectivity index (χ1) is 9.21. The number of rotatable bonds is 1. The van der Waals surface area contributed by atoms with Crippen molar-refractivity contribution in [3.05, 3.63) is 46.5 Å². The fourth-order valence-corrected chi connectivity index (χ4v) is 5.12. The molecule has 19 heavy (non-hydrogen) atoms. The molecular formula is C19H24. The van der Waals surface area contributed by atoms with Crippen molar-refractivity contribution in [2.45, 2.75) is 63.7 Å². The van der Waals surface area contributed by atoms with Crippen LogP contribution in [0.2, 0.25) is 0 Å². The number of benzene rings is 1. The van der Waals surface area contributed by atoms with Gasteiger partial charge in [0.25, 0.3) is 0 Å². The quantitative estimate of drug-likeness (QED) is 0.608. The van der Waals surface area contributed by atoms with Crippen LogP contribution in [0.5, 0.6) is 0 Å². The third kappa shape index (κ3) is 1.52. The maximum absolute atomic E-state index is 2.52. The molecule has 0 nitrogen and oxygen atoms in total. The molecule has 0 saturated heterocycles. The number of hydrogen-bond acceptors (Lipinski definition) is 0. The maximum atomic E-state index is 2.52. The van der Waals surface area contributed by atoms with Gasteiger partial charge in [-0.25, -0.2) is 0 Å². The van der Waals surface area contributed by atoms with Gasteiger partial charge in [-0.15, -0.1) is 0 Å². The summed E-state index contributed by atoms with van der Waals surface area (Å²) in [6.45, 7) is 4.69. The zero-order valence-electron chi connectivity index (χ0n) is 12.2. The molecule has 1 aromatic rings. The van der Waals surface area contributed by atoms with E-state index in [9.17, 15) is 0 Å². The van der Waals surface area contributed by atoms with Crippen LogP contribution < -0.4 is 0 Å². The summed E-state index contributed by atoms with van der Waals surface area (Å²) < 4.78 is 0. The van der Waals surface area contributed by atoms with Crippen LogP contribution in [-0.2, 0) is 11.8 Å². The van der Waals surface area contributed by atoms with Gasteiger partial charge in [0.2, 0.25) is 0 Å². The summed E-state index contributed by atoms with van der Waals surface area (Å²) in [5.41, 5.74) is 7.36. The van der Waals surface area contributed by atoms with Gasteiger partial charge in [0, 0.05) is 5.41 Å². The monoisotopic (exact) mass is 252 g/mol. The average molecular weight is 252 g/mol. The lowest BCUT2D eigenvalue weighted by Crippen LogP contribution is -2.35. The third-order valence-electron chi connectivity index (χ3n) is 5.94. The van der Waals surface area contributed by atoms with Crippen molar-refractivity contribution in [2.75, 3.05) is 0 Å². The van der Waals surface area contributed by atoms with E-state index in [-0.39, 0.29) is 0 Å². The fraction of sp³-hybridized carbons (Fsp3) is 0.579. The van der Waals surface area contributed by atoms with Crippen LogP contribution in [0, 0.1) is 5.92 Å².